The highest BCUT2D eigenvalue weighted by Crippen LogP contribution is 2.22. The van der Waals surface area contributed by atoms with Crippen LogP contribution < -0.4 is 20.0 Å². The molecular formula is C25H34N8O. The largest absolute Gasteiger partial charge is 0.369 e. The van der Waals surface area contributed by atoms with Gasteiger partial charge in [-0.05, 0) is 37.1 Å². The molecule has 1 aliphatic rings. The van der Waals surface area contributed by atoms with Gasteiger partial charge in [-0.15, -0.1) is 0 Å². The number of hydrogen-bond donors (Lipinski definition) is 2. The van der Waals surface area contributed by atoms with Crippen LogP contribution in [0.2, 0.25) is 0 Å². The first-order chi connectivity index (χ1) is 16.4. The molecule has 9 nitrogen and oxygen atoms in total. The van der Waals surface area contributed by atoms with Crippen LogP contribution in [0.3, 0.4) is 0 Å². The molecule has 0 radical (unpaired) electrons. The Hall–Kier alpha value is -3.46. The fraction of sp³-hybridized carbons (Fsp3) is 0.440. The topological polar surface area (TPSA) is 93.5 Å². The van der Waals surface area contributed by atoms with E-state index in [2.05, 4.69) is 60.7 Å². The third-order valence-electron chi connectivity index (χ3n) is 5.92. The first-order valence-corrected chi connectivity index (χ1v) is 11.8. The van der Waals surface area contributed by atoms with Gasteiger partial charge < -0.3 is 25.1 Å². The van der Waals surface area contributed by atoms with Gasteiger partial charge in [-0.1, -0.05) is 19.9 Å². The molecule has 9 heteroatoms. The van der Waals surface area contributed by atoms with Crippen molar-refractivity contribution in [3.8, 4) is 0 Å². The molecule has 1 fully saturated rings. The van der Waals surface area contributed by atoms with Gasteiger partial charge >= 0.3 is 0 Å². The molecule has 4 rings (SSSR count). The maximum Gasteiger partial charge on any atom is 0.225 e. The van der Waals surface area contributed by atoms with Gasteiger partial charge in [0.1, 0.15) is 11.6 Å². The SMILES string of the molecule is CC(C)CN(C)c1ccc(C(O)Nc2cnc(N3CCN(c4ccccn4)C[C@@H]3C)nc2)cn1. The Morgan fingerprint density at radius 2 is 1.85 bits per heavy atom. The summed E-state index contributed by atoms with van der Waals surface area (Å²) in [5.41, 5.74) is 1.34. The zero-order valence-corrected chi connectivity index (χ0v) is 20.3. The lowest BCUT2D eigenvalue weighted by molar-refractivity contribution is 0.207. The first-order valence-electron chi connectivity index (χ1n) is 11.8. The van der Waals surface area contributed by atoms with Gasteiger partial charge in [-0.3, -0.25) is 0 Å². The van der Waals surface area contributed by atoms with Crippen molar-refractivity contribution >= 4 is 23.3 Å². The van der Waals surface area contributed by atoms with E-state index in [9.17, 15) is 5.11 Å². The molecule has 34 heavy (non-hydrogen) atoms. The number of aliphatic hydroxyl groups excluding tert-OH is 1. The fourth-order valence-corrected chi connectivity index (χ4v) is 4.22. The Morgan fingerprint density at radius 1 is 1.06 bits per heavy atom. The van der Waals surface area contributed by atoms with Crippen molar-refractivity contribution in [3.05, 3.63) is 60.7 Å². The number of nitrogens with one attached hydrogen (secondary N) is 1. The molecule has 180 valence electrons. The van der Waals surface area contributed by atoms with E-state index >= 15 is 0 Å². The first kappa shape index (κ1) is 23.7. The van der Waals surface area contributed by atoms with Gasteiger partial charge in [-0.25, -0.2) is 19.9 Å². The highest BCUT2D eigenvalue weighted by molar-refractivity contribution is 5.47. The summed E-state index contributed by atoms with van der Waals surface area (Å²) in [6, 6.07) is 10.0. The molecule has 1 unspecified atom stereocenters. The minimum absolute atomic E-state index is 0.249. The highest BCUT2D eigenvalue weighted by Gasteiger charge is 2.26. The second-order valence-electron chi connectivity index (χ2n) is 9.22. The van der Waals surface area contributed by atoms with E-state index in [1.54, 1.807) is 18.6 Å². The van der Waals surface area contributed by atoms with E-state index in [1.165, 1.54) is 0 Å². The van der Waals surface area contributed by atoms with Crippen molar-refractivity contribution < 1.29 is 5.11 Å². The molecule has 1 saturated heterocycles. The second-order valence-corrected chi connectivity index (χ2v) is 9.22. The maximum absolute atomic E-state index is 10.6. The lowest BCUT2D eigenvalue weighted by Gasteiger charge is -2.40. The van der Waals surface area contributed by atoms with E-state index in [4.69, 9.17) is 0 Å². The van der Waals surface area contributed by atoms with Crippen LogP contribution in [0.5, 0.6) is 0 Å². The average Bonchev–Trinajstić information content (AvgIpc) is 2.85. The van der Waals surface area contributed by atoms with E-state index in [0.717, 1.165) is 37.8 Å². The highest BCUT2D eigenvalue weighted by atomic mass is 16.3. The number of piperazine rings is 1. The summed E-state index contributed by atoms with van der Waals surface area (Å²) in [6.45, 7) is 9.98. The molecular weight excluding hydrogens is 428 g/mol. The number of pyridine rings is 2. The van der Waals surface area contributed by atoms with Crippen LogP contribution in [0, 0.1) is 5.92 Å². The quantitative estimate of drug-likeness (QED) is 0.490. The monoisotopic (exact) mass is 462 g/mol. The number of nitrogens with zero attached hydrogens (tertiary/aromatic N) is 7. The van der Waals surface area contributed by atoms with Gasteiger partial charge in [0.05, 0.1) is 18.1 Å². The van der Waals surface area contributed by atoms with Gasteiger partial charge in [0.15, 0.2) is 6.23 Å². The standard InChI is InChI=1S/C25H34N8O/c1-18(2)16-31(4)22-9-8-20(13-27-22)24(34)30-21-14-28-25(29-15-21)33-12-11-32(17-19(33)3)23-7-5-6-10-26-23/h5-10,13-15,18-19,24,30,34H,11-12,16-17H2,1-4H3/t19-,24?/m0/s1. The molecule has 0 aromatic carbocycles. The van der Waals surface area contributed by atoms with Crippen molar-refractivity contribution in [1.82, 2.24) is 19.9 Å². The maximum atomic E-state index is 10.6. The Balaban J connectivity index is 1.34. The fourth-order valence-electron chi connectivity index (χ4n) is 4.22. The lowest BCUT2D eigenvalue weighted by atomic mass is 10.2. The summed E-state index contributed by atoms with van der Waals surface area (Å²) >= 11 is 0. The van der Waals surface area contributed by atoms with Crippen LogP contribution >= 0.6 is 0 Å². The minimum atomic E-state index is -0.896. The summed E-state index contributed by atoms with van der Waals surface area (Å²) in [4.78, 5) is 24.6. The number of rotatable bonds is 8. The van der Waals surface area contributed by atoms with E-state index in [-0.39, 0.29) is 6.04 Å². The summed E-state index contributed by atoms with van der Waals surface area (Å²) in [5, 5.41) is 13.7. The van der Waals surface area contributed by atoms with Gasteiger partial charge in [0.25, 0.3) is 0 Å². The van der Waals surface area contributed by atoms with Crippen molar-refractivity contribution in [3.63, 3.8) is 0 Å². The predicted octanol–water partition coefficient (Wildman–Crippen LogP) is 3.18. The zero-order chi connectivity index (χ0) is 24.1. The van der Waals surface area contributed by atoms with Crippen molar-refractivity contribution in [1.29, 1.82) is 0 Å². The van der Waals surface area contributed by atoms with Crippen LogP contribution in [0.1, 0.15) is 32.6 Å². The molecule has 4 heterocycles. The Kier molecular flexibility index (Phi) is 7.42. The molecule has 2 atom stereocenters. The van der Waals surface area contributed by atoms with E-state index in [0.29, 0.717) is 23.1 Å². The summed E-state index contributed by atoms with van der Waals surface area (Å²) in [7, 11) is 2.02. The Morgan fingerprint density at radius 3 is 2.47 bits per heavy atom. The molecule has 3 aromatic heterocycles. The van der Waals surface area contributed by atoms with Crippen LogP contribution in [0.15, 0.2) is 55.1 Å². The number of hydrogen-bond acceptors (Lipinski definition) is 9. The van der Waals surface area contributed by atoms with Gasteiger partial charge in [0.2, 0.25) is 5.95 Å². The average molecular weight is 463 g/mol. The number of aliphatic hydroxyl groups is 1. The lowest BCUT2D eigenvalue weighted by Crippen LogP contribution is -2.53. The van der Waals surface area contributed by atoms with Crippen molar-refractivity contribution in [2.75, 3.05) is 53.2 Å². The second kappa shape index (κ2) is 10.6. The third kappa shape index (κ3) is 5.72. The van der Waals surface area contributed by atoms with Crippen LogP contribution in [0.4, 0.5) is 23.3 Å². The minimum Gasteiger partial charge on any atom is -0.369 e. The number of aromatic nitrogens is 4. The van der Waals surface area contributed by atoms with Crippen molar-refractivity contribution in [2.24, 2.45) is 5.92 Å². The van der Waals surface area contributed by atoms with E-state index < -0.39 is 6.23 Å². The molecule has 0 spiro atoms. The molecule has 0 bridgehead atoms. The summed E-state index contributed by atoms with van der Waals surface area (Å²) in [5.74, 6) is 3.12. The van der Waals surface area contributed by atoms with Crippen LogP contribution in [0.25, 0.3) is 0 Å². The smallest absolute Gasteiger partial charge is 0.225 e. The zero-order valence-electron chi connectivity index (χ0n) is 20.3. The Labute approximate surface area is 201 Å². The molecule has 2 N–H and O–H groups in total. The molecule has 0 saturated carbocycles. The molecule has 0 aliphatic carbocycles. The predicted molar refractivity (Wildman–Crippen MR) is 136 cm³/mol. The van der Waals surface area contributed by atoms with Crippen LogP contribution in [-0.2, 0) is 0 Å². The molecule has 1 aliphatic heterocycles. The molecule has 0 amide bonds. The third-order valence-corrected chi connectivity index (χ3v) is 5.92. The number of anilines is 4. The van der Waals surface area contributed by atoms with Crippen LogP contribution in [-0.4, -0.2) is 64.3 Å². The van der Waals surface area contributed by atoms with E-state index in [1.807, 2.05) is 43.6 Å². The normalized spacial score (nSPS) is 17.1. The van der Waals surface area contributed by atoms with Gasteiger partial charge in [-0.2, -0.15) is 0 Å². The van der Waals surface area contributed by atoms with Crippen molar-refractivity contribution in [2.45, 2.75) is 33.0 Å². The molecule has 3 aromatic rings. The van der Waals surface area contributed by atoms with Gasteiger partial charge in [0, 0.05) is 57.2 Å². The Bertz CT molecular complexity index is 1030. The summed E-state index contributed by atoms with van der Waals surface area (Å²) in [6.07, 6.45) is 6.04. The summed E-state index contributed by atoms with van der Waals surface area (Å²) < 4.78 is 0.